The molecule has 210 valence electrons. The van der Waals surface area contributed by atoms with Gasteiger partial charge in [0.2, 0.25) is 17.0 Å². The third kappa shape index (κ3) is 6.30. The molecule has 5 rings (SSSR count). The molecule has 4 aromatic rings. The van der Waals surface area contributed by atoms with Gasteiger partial charge < -0.3 is 14.4 Å². The molecule has 0 saturated carbocycles. The number of fused-ring (bicyclic) bond motifs is 3. The van der Waals surface area contributed by atoms with E-state index in [0.717, 1.165) is 47.1 Å². The second-order valence-electron chi connectivity index (χ2n) is 10.7. The largest absolute Gasteiger partial charge is 0.339 e. The summed E-state index contributed by atoms with van der Waals surface area (Å²) in [6, 6.07) is 16.8. The average Bonchev–Trinajstić information content (AvgIpc) is 3.26. The van der Waals surface area contributed by atoms with E-state index in [1.807, 2.05) is 28.9 Å². The maximum atomic E-state index is 12.9. The summed E-state index contributed by atoms with van der Waals surface area (Å²) in [5.41, 5.74) is 5.18. The maximum Gasteiger partial charge on any atom is 0.222 e. The molecule has 3 heterocycles. The van der Waals surface area contributed by atoms with Gasteiger partial charge in [-0.3, -0.25) is 9.59 Å². The molecule has 0 aliphatic carbocycles. The summed E-state index contributed by atoms with van der Waals surface area (Å²) in [5, 5.41) is 10.6. The number of unbranched alkanes of at least 4 members (excludes halogenated alkanes) is 1. The van der Waals surface area contributed by atoms with Crippen LogP contribution in [0.2, 0.25) is 0 Å². The molecule has 1 atom stereocenters. The number of nitrogens with zero attached hydrogens (tertiary/aromatic N) is 6. The Labute approximate surface area is 240 Å². The highest BCUT2D eigenvalue weighted by molar-refractivity contribution is 7.99. The average molecular weight is 559 g/mol. The summed E-state index contributed by atoms with van der Waals surface area (Å²) < 4.78 is 2.22. The maximum absolute atomic E-state index is 12.9. The van der Waals surface area contributed by atoms with Crippen LogP contribution >= 0.6 is 11.8 Å². The topological polar surface area (TPSA) is 84.2 Å². The summed E-state index contributed by atoms with van der Waals surface area (Å²) >= 11 is 1.54. The molecule has 0 N–H and O–H groups in total. The first-order chi connectivity index (χ1) is 19.4. The number of hydrogen-bond acceptors (Lipinski definition) is 6. The summed E-state index contributed by atoms with van der Waals surface area (Å²) in [6.45, 7) is 8.80. The van der Waals surface area contributed by atoms with Crippen molar-refractivity contribution in [3.63, 3.8) is 0 Å². The third-order valence-corrected chi connectivity index (χ3v) is 8.51. The van der Waals surface area contributed by atoms with Crippen LogP contribution in [-0.2, 0) is 16.1 Å². The molecule has 2 amide bonds. The van der Waals surface area contributed by atoms with Gasteiger partial charge in [0.05, 0.1) is 5.52 Å². The molecule has 0 spiro atoms. The summed E-state index contributed by atoms with van der Waals surface area (Å²) in [7, 11) is 0. The number of carbonyl (C=O) groups excluding carboxylic acids is 2. The highest BCUT2D eigenvalue weighted by Gasteiger charge is 2.29. The van der Waals surface area contributed by atoms with Gasteiger partial charge in [-0.2, -0.15) is 0 Å². The first kappa shape index (κ1) is 28.1. The molecule has 40 heavy (non-hydrogen) atoms. The van der Waals surface area contributed by atoms with Gasteiger partial charge in [-0.25, -0.2) is 4.98 Å². The van der Waals surface area contributed by atoms with Crippen LogP contribution in [0.4, 0.5) is 0 Å². The van der Waals surface area contributed by atoms with Crippen molar-refractivity contribution >= 4 is 45.6 Å². The molecular weight excluding hydrogens is 520 g/mol. The van der Waals surface area contributed by atoms with Crippen LogP contribution in [-0.4, -0.2) is 72.8 Å². The lowest BCUT2D eigenvalue weighted by atomic mass is 10.1. The number of aromatic nitrogens is 4. The molecule has 0 radical (unpaired) electrons. The second-order valence-corrected chi connectivity index (χ2v) is 11.8. The third-order valence-electron chi connectivity index (χ3n) is 7.59. The zero-order valence-corrected chi connectivity index (χ0v) is 24.5. The Hall–Kier alpha value is -3.46. The van der Waals surface area contributed by atoms with E-state index in [-0.39, 0.29) is 17.9 Å². The Morgan fingerprint density at radius 1 is 1.00 bits per heavy atom. The predicted molar refractivity (Wildman–Crippen MR) is 160 cm³/mol. The first-order valence-electron chi connectivity index (χ1n) is 14.3. The van der Waals surface area contributed by atoms with Crippen molar-refractivity contribution in [3.05, 3.63) is 59.7 Å². The van der Waals surface area contributed by atoms with Crippen LogP contribution < -0.4 is 0 Å². The van der Waals surface area contributed by atoms with Crippen LogP contribution in [0.25, 0.3) is 22.1 Å². The van der Waals surface area contributed by atoms with Crippen LogP contribution in [0.1, 0.15) is 57.1 Å². The number of benzene rings is 2. The number of carbonyl (C=O) groups is 2. The number of thioether (sulfide) groups is 1. The lowest BCUT2D eigenvalue weighted by Gasteiger charge is -2.40. The van der Waals surface area contributed by atoms with Gasteiger partial charge in [-0.05, 0) is 38.3 Å². The van der Waals surface area contributed by atoms with Gasteiger partial charge in [0.25, 0.3) is 0 Å². The Morgan fingerprint density at radius 2 is 1.82 bits per heavy atom. The van der Waals surface area contributed by atoms with E-state index in [4.69, 9.17) is 4.98 Å². The van der Waals surface area contributed by atoms with E-state index in [1.54, 1.807) is 11.8 Å². The van der Waals surface area contributed by atoms with Crippen molar-refractivity contribution in [2.24, 2.45) is 0 Å². The molecular formula is C31H38N6O2S. The molecule has 2 aromatic carbocycles. The molecule has 2 aromatic heterocycles. The van der Waals surface area contributed by atoms with E-state index in [9.17, 15) is 9.59 Å². The summed E-state index contributed by atoms with van der Waals surface area (Å²) in [4.78, 5) is 34.1. The SMILES string of the molecule is CCCCC(=O)N1CCN(C(=O)CCCSc2nnc3c4ccccc4n(Cc4cccc(C)c4)c3n2)CC1C. The molecule has 1 saturated heterocycles. The monoisotopic (exact) mass is 558 g/mol. The van der Waals surface area contributed by atoms with Crippen molar-refractivity contribution in [3.8, 4) is 0 Å². The zero-order valence-electron chi connectivity index (χ0n) is 23.7. The van der Waals surface area contributed by atoms with Crippen LogP contribution in [0.5, 0.6) is 0 Å². The Kier molecular flexibility index (Phi) is 8.99. The van der Waals surface area contributed by atoms with E-state index in [0.29, 0.717) is 44.2 Å². The quantitative estimate of drug-likeness (QED) is 0.190. The zero-order chi connectivity index (χ0) is 28.1. The van der Waals surface area contributed by atoms with Crippen molar-refractivity contribution < 1.29 is 9.59 Å². The lowest BCUT2D eigenvalue weighted by molar-refractivity contribution is -0.142. The van der Waals surface area contributed by atoms with Gasteiger partial charge >= 0.3 is 0 Å². The number of para-hydroxylation sites is 1. The van der Waals surface area contributed by atoms with Gasteiger partial charge in [0, 0.05) is 56.2 Å². The number of rotatable bonds is 10. The molecule has 8 nitrogen and oxygen atoms in total. The van der Waals surface area contributed by atoms with Gasteiger partial charge in [-0.15, -0.1) is 10.2 Å². The summed E-state index contributed by atoms with van der Waals surface area (Å²) in [6.07, 6.45) is 3.75. The van der Waals surface area contributed by atoms with Gasteiger partial charge in [-0.1, -0.05) is 73.1 Å². The number of aryl methyl sites for hydroxylation is 1. The molecule has 1 fully saturated rings. The molecule has 1 aliphatic rings. The standard InChI is InChI=1S/C31H38N6O2S/c1-4-5-14-28(39)36-17-16-35(20-23(36)3)27(38)15-9-18-40-31-32-30-29(33-34-31)25-12-6-7-13-26(25)37(30)21-24-11-8-10-22(2)19-24/h6-8,10-13,19,23H,4-5,9,14-18,20-21H2,1-3H3. The Bertz CT molecular complexity index is 1500. The fourth-order valence-corrected chi connectivity index (χ4v) is 6.20. The highest BCUT2D eigenvalue weighted by atomic mass is 32.2. The second kappa shape index (κ2) is 12.8. The molecule has 1 aliphatic heterocycles. The predicted octanol–water partition coefficient (Wildman–Crippen LogP) is 5.46. The number of hydrogen-bond donors (Lipinski definition) is 0. The Balaban J connectivity index is 1.19. The smallest absolute Gasteiger partial charge is 0.222 e. The number of amides is 2. The van der Waals surface area contributed by atoms with Gasteiger partial charge in [0.15, 0.2) is 5.65 Å². The van der Waals surface area contributed by atoms with Gasteiger partial charge in [0.1, 0.15) is 5.52 Å². The molecule has 9 heteroatoms. The molecule has 1 unspecified atom stereocenters. The van der Waals surface area contributed by atoms with E-state index in [1.165, 1.54) is 11.1 Å². The molecule has 0 bridgehead atoms. The normalized spacial score (nSPS) is 15.7. The van der Waals surface area contributed by atoms with Crippen molar-refractivity contribution in [2.45, 2.75) is 70.6 Å². The van der Waals surface area contributed by atoms with Crippen molar-refractivity contribution in [1.29, 1.82) is 0 Å². The van der Waals surface area contributed by atoms with Crippen LogP contribution in [0.15, 0.2) is 53.7 Å². The van der Waals surface area contributed by atoms with Crippen molar-refractivity contribution in [2.75, 3.05) is 25.4 Å². The highest BCUT2D eigenvalue weighted by Crippen LogP contribution is 2.28. The van der Waals surface area contributed by atoms with E-state index < -0.39 is 0 Å². The lowest BCUT2D eigenvalue weighted by Crippen LogP contribution is -2.55. The minimum atomic E-state index is 0.0641. The van der Waals surface area contributed by atoms with Crippen molar-refractivity contribution in [1.82, 2.24) is 29.5 Å². The summed E-state index contributed by atoms with van der Waals surface area (Å²) in [5.74, 6) is 1.10. The minimum Gasteiger partial charge on any atom is -0.339 e. The number of piperazine rings is 1. The van der Waals surface area contributed by atoms with Crippen LogP contribution in [0.3, 0.4) is 0 Å². The van der Waals surface area contributed by atoms with E-state index >= 15 is 0 Å². The Morgan fingerprint density at radius 3 is 2.62 bits per heavy atom. The van der Waals surface area contributed by atoms with Crippen LogP contribution in [0, 0.1) is 6.92 Å². The first-order valence-corrected chi connectivity index (χ1v) is 15.3. The minimum absolute atomic E-state index is 0.0641. The fourth-order valence-electron chi connectivity index (χ4n) is 5.47. The van der Waals surface area contributed by atoms with E-state index in [2.05, 4.69) is 65.0 Å². The fraction of sp³-hybridized carbons (Fsp3) is 0.452.